The second kappa shape index (κ2) is 9.84. The van der Waals surface area contributed by atoms with Crippen molar-refractivity contribution in [3.8, 4) is 22.6 Å². The summed E-state index contributed by atoms with van der Waals surface area (Å²) in [6.45, 7) is 2.66. The van der Waals surface area contributed by atoms with Gasteiger partial charge in [0, 0.05) is 30.4 Å². The SMILES string of the molecule is FC(F)(F)c1ccc(-c2ccc3c(NCCCNCc4ccc5c(c4)OCO5)ccnc3c2)cc1. The van der Waals surface area contributed by atoms with Crippen molar-refractivity contribution in [1.29, 1.82) is 0 Å². The van der Waals surface area contributed by atoms with Crippen molar-refractivity contribution in [3.63, 3.8) is 0 Å². The summed E-state index contributed by atoms with van der Waals surface area (Å²) in [5.74, 6) is 1.58. The third-order valence-corrected chi connectivity index (χ3v) is 5.90. The van der Waals surface area contributed by atoms with E-state index in [0.717, 1.165) is 77.4 Å². The Morgan fingerprint density at radius 1 is 0.829 bits per heavy atom. The highest BCUT2D eigenvalue weighted by Gasteiger charge is 2.30. The molecule has 0 unspecified atom stereocenters. The molecule has 0 aliphatic carbocycles. The number of ether oxygens (including phenoxy) is 2. The molecule has 35 heavy (non-hydrogen) atoms. The highest BCUT2D eigenvalue weighted by Crippen LogP contribution is 2.33. The van der Waals surface area contributed by atoms with Crippen molar-refractivity contribution >= 4 is 16.6 Å². The van der Waals surface area contributed by atoms with Gasteiger partial charge in [0.2, 0.25) is 6.79 Å². The summed E-state index contributed by atoms with van der Waals surface area (Å²) < 4.78 is 49.3. The highest BCUT2D eigenvalue weighted by atomic mass is 19.4. The third-order valence-electron chi connectivity index (χ3n) is 5.90. The van der Waals surface area contributed by atoms with Crippen molar-refractivity contribution in [2.75, 3.05) is 25.2 Å². The predicted octanol–water partition coefficient (Wildman–Crippen LogP) is 6.24. The summed E-state index contributed by atoms with van der Waals surface area (Å²) >= 11 is 0. The molecule has 2 heterocycles. The molecule has 5 nitrogen and oxygen atoms in total. The number of halogens is 3. The van der Waals surface area contributed by atoms with Crippen LogP contribution in [0.3, 0.4) is 0 Å². The molecule has 0 saturated carbocycles. The number of hydrogen-bond donors (Lipinski definition) is 2. The zero-order chi connectivity index (χ0) is 24.3. The first-order valence-corrected chi connectivity index (χ1v) is 11.4. The van der Waals surface area contributed by atoms with Crippen LogP contribution in [-0.4, -0.2) is 24.9 Å². The van der Waals surface area contributed by atoms with Gasteiger partial charge in [-0.15, -0.1) is 0 Å². The van der Waals surface area contributed by atoms with Gasteiger partial charge in [-0.3, -0.25) is 4.98 Å². The molecule has 8 heteroatoms. The Kier molecular flexibility index (Phi) is 6.46. The summed E-state index contributed by atoms with van der Waals surface area (Å²) in [5, 5.41) is 7.87. The van der Waals surface area contributed by atoms with E-state index in [1.54, 1.807) is 6.20 Å². The van der Waals surface area contributed by atoms with Crippen molar-refractivity contribution in [1.82, 2.24) is 10.3 Å². The number of hydrogen-bond acceptors (Lipinski definition) is 5. The minimum atomic E-state index is -4.34. The Hall–Kier alpha value is -3.78. The quantitative estimate of drug-likeness (QED) is 0.293. The molecular weight excluding hydrogens is 455 g/mol. The van der Waals surface area contributed by atoms with E-state index >= 15 is 0 Å². The van der Waals surface area contributed by atoms with Crippen molar-refractivity contribution in [2.24, 2.45) is 0 Å². The van der Waals surface area contributed by atoms with Gasteiger partial charge in [0.1, 0.15) is 0 Å². The third kappa shape index (κ3) is 5.33. The lowest BCUT2D eigenvalue weighted by Gasteiger charge is -2.12. The Balaban J connectivity index is 1.16. The number of alkyl halides is 3. The highest BCUT2D eigenvalue weighted by molar-refractivity contribution is 5.93. The fraction of sp³-hybridized carbons (Fsp3) is 0.222. The molecular formula is C27H24F3N3O2. The number of aromatic nitrogens is 1. The lowest BCUT2D eigenvalue weighted by atomic mass is 10.0. The minimum Gasteiger partial charge on any atom is -0.454 e. The number of rotatable bonds is 8. The average Bonchev–Trinajstić information content (AvgIpc) is 3.33. The van der Waals surface area contributed by atoms with Crippen LogP contribution >= 0.6 is 0 Å². The first-order chi connectivity index (χ1) is 17.0. The summed E-state index contributed by atoms with van der Waals surface area (Å²) in [7, 11) is 0. The molecule has 0 bridgehead atoms. The number of benzene rings is 3. The van der Waals surface area contributed by atoms with E-state index in [1.165, 1.54) is 12.1 Å². The van der Waals surface area contributed by atoms with Crippen LogP contribution < -0.4 is 20.1 Å². The number of anilines is 1. The lowest BCUT2D eigenvalue weighted by Crippen LogP contribution is -2.17. The summed E-state index contributed by atoms with van der Waals surface area (Å²) in [5.41, 5.74) is 3.79. The average molecular weight is 480 g/mol. The Morgan fingerprint density at radius 2 is 1.63 bits per heavy atom. The number of pyridine rings is 1. The maximum absolute atomic E-state index is 12.8. The first-order valence-electron chi connectivity index (χ1n) is 11.4. The van der Waals surface area contributed by atoms with Gasteiger partial charge in [-0.2, -0.15) is 13.2 Å². The van der Waals surface area contributed by atoms with E-state index in [9.17, 15) is 13.2 Å². The van der Waals surface area contributed by atoms with E-state index in [2.05, 4.69) is 15.6 Å². The Morgan fingerprint density at radius 3 is 2.46 bits per heavy atom. The lowest BCUT2D eigenvalue weighted by molar-refractivity contribution is -0.137. The Bertz CT molecular complexity index is 1320. The molecule has 0 radical (unpaired) electrons. The molecule has 0 saturated heterocycles. The van der Waals surface area contributed by atoms with Crippen LogP contribution in [-0.2, 0) is 12.7 Å². The molecule has 0 spiro atoms. The molecule has 0 amide bonds. The molecule has 1 aromatic heterocycles. The van der Waals surface area contributed by atoms with E-state index in [1.807, 2.05) is 42.5 Å². The fourth-order valence-corrected chi connectivity index (χ4v) is 4.05. The molecule has 0 fully saturated rings. The predicted molar refractivity (Wildman–Crippen MR) is 130 cm³/mol. The van der Waals surface area contributed by atoms with Gasteiger partial charge in [-0.1, -0.05) is 30.3 Å². The Labute approximate surface area is 200 Å². The molecule has 2 N–H and O–H groups in total. The van der Waals surface area contributed by atoms with Gasteiger partial charge in [-0.25, -0.2) is 0 Å². The maximum atomic E-state index is 12.8. The van der Waals surface area contributed by atoms with Crippen LogP contribution in [0.1, 0.15) is 17.5 Å². The van der Waals surface area contributed by atoms with Crippen LogP contribution in [0.2, 0.25) is 0 Å². The normalized spacial score (nSPS) is 12.8. The van der Waals surface area contributed by atoms with Crippen molar-refractivity contribution in [3.05, 3.63) is 84.1 Å². The molecule has 1 aliphatic heterocycles. The van der Waals surface area contributed by atoms with Gasteiger partial charge in [-0.05, 0) is 66.1 Å². The van der Waals surface area contributed by atoms with Gasteiger partial charge in [0.05, 0.1) is 11.1 Å². The van der Waals surface area contributed by atoms with Crippen LogP contribution in [0.5, 0.6) is 11.5 Å². The molecule has 0 atom stereocenters. The monoisotopic (exact) mass is 479 g/mol. The van der Waals surface area contributed by atoms with Crippen molar-refractivity contribution < 1.29 is 22.6 Å². The largest absolute Gasteiger partial charge is 0.454 e. The zero-order valence-corrected chi connectivity index (χ0v) is 18.9. The summed E-state index contributed by atoms with van der Waals surface area (Å²) in [6.07, 6.45) is -1.68. The van der Waals surface area contributed by atoms with Crippen LogP contribution in [0, 0.1) is 0 Å². The molecule has 1 aliphatic rings. The fourth-order valence-electron chi connectivity index (χ4n) is 4.05. The van der Waals surface area contributed by atoms with Crippen LogP contribution in [0.4, 0.5) is 18.9 Å². The number of fused-ring (bicyclic) bond motifs is 2. The van der Waals surface area contributed by atoms with E-state index in [0.29, 0.717) is 5.56 Å². The number of nitrogens with zero attached hydrogens (tertiary/aromatic N) is 1. The van der Waals surface area contributed by atoms with Gasteiger partial charge in [0.15, 0.2) is 11.5 Å². The maximum Gasteiger partial charge on any atom is 0.416 e. The number of nitrogens with one attached hydrogen (secondary N) is 2. The van der Waals surface area contributed by atoms with Crippen molar-refractivity contribution in [2.45, 2.75) is 19.1 Å². The molecule has 3 aromatic carbocycles. The van der Waals surface area contributed by atoms with Gasteiger partial charge >= 0.3 is 6.18 Å². The first kappa shape index (κ1) is 23.0. The van der Waals surface area contributed by atoms with Crippen LogP contribution in [0.25, 0.3) is 22.0 Å². The van der Waals surface area contributed by atoms with Gasteiger partial charge in [0.25, 0.3) is 0 Å². The van der Waals surface area contributed by atoms with Gasteiger partial charge < -0.3 is 20.1 Å². The standard InChI is InChI=1S/C27H24F3N3O2/c28-27(29,30)21-6-3-19(4-7-21)20-5-8-22-23(10-13-33-24(22)15-20)32-12-1-11-31-16-18-2-9-25-26(14-18)35-17-34-25/h2-10,13-15,31H,1,11-12,16-17H2,(H,32,33). The van der Waals surface area contributed by atoms with E-state index < -0.39 is 11.7 Å². The van der Waals surface area contributed by atoms with Crippen LogP contribution in [0.15, 0.2) is 72.9 Å². The molecule has 5 rings (SSSR count). The summed E-state index contributed by atoms with van der Waals surface area (Å²) in [4.78, 5) is 4.45. The molecule has 4 aromatic rings. The smallest absolute Gasteiger partial charge is 0.416 e. The molecule has 180 valence electrons. The topological polar surface area (TPSA) is 55.4 Å². The second-order valence-electron chi connectivity index (χ2n) is 8.31. The minimum absolute atomic E-state index is 0.276. The second-order valence-corrected chi connectivity index (χ2v) is 8.31. The summed E-state index contributed by atoms with van der Waals surface area (Å²) in [6, 6.07) is 18.8. The van der Waals surface area contributed by atoms with E-state index in [-0.39, 0.29) is 6.79 Å². The zero-order valence-electron chi connectivity index (χ0n) is 18.9. The van der Waals surface area contributed by atoms with E-state index in [4.69, 9.17) is 9.47 Å².